The molecule has 0 saturated heterocycles. The van der Waals surface area contributed by atoms with Crippen molar-refractivity contribution >= 4 is 12.6 Å². The molecule has 5 nitrogen and oxygen atoms in total. The Kier molecular flexibility index (Phi) is 2.89. The Labute approximate surface area is 105 Å². The summed E-state index contributed by atoms with van der Waals surface area (Å²) < 4.78 is 1.80. The molecule has 2 heterocycles. The van der Waals surface area contributed by atoms with Gasteiger partial charge in [-0.1, -0.05) is 6.07 Å². The SMILES string of the molecule is OB(O)c1cnn(C2CCCc3ncccc32)c1. The second kappa shape index (κ2) is 4.55. The number of aryl methyl sites for hydroxylation is 1. The van der Waals surface area contributed by atoms with Crippen molar-refractivity contribution in [3.8, 4) is 0 Å². The zero-order valence-electron chi connectivity index (χ0n) is 9.90. The maximum atomic E-state index is 9.12. The molecule has 0 amide bonds. The lowest BCUT2D eigenvalue weighted by Crippen LogP contribution is -2.28. The molecule has 0 aromatic carbocycles. The minimum absolute atomic E-state index is 0.148. The topological polar surface area (TPSA) is 71.2 Å². The van der Waals surface area contributed by atoms with Crippen LogP contribution in [0.15, 0.2) is 30.7 Å². The molecule has 0 spiro atoms. The van der Waals surface area contributed by atoms with Crippen LogP contribution in [0.3, 0.4) is 0 Å². The number of hydrogen-bond acceptors (Lipinski definition) is 4. The predicted molar refractivity (Wildman–Crippen MR) is 67.4 cm³/mol. The third kappa shape index (κ3) is 1.93. The van der Waals surface area contributed by atoms with Crippen LogP contribution in [0.4, 0.5) is 0 Å². The molecule has 1 atom stereocenters. The van der Waals surface area contributed by atoms with Crippen molar-refractivity contribution in [3.05, 3.63) is 42.0 Å². The summed E-state index contributed by atoms with van der Waals surface area (Å²) in [6.07, 6.45) is 8.08. The van der Waals surface area contributed by atoms with Gasteiger partial charge in [0.2, 0.25) is 0 Å². The zero-order chi connectivity index (χ0) is 12.5. The maximum absolute atomic E-state index is 9.12. The Morgan fingerprint density at radius 2 is 2.28 bits per heavy atom. The number of rotatable bonds is 2. The minimum Gasteiger partial charge on any atom is -0.423 e. The van der Waals surface area contributed by atoms with Gasteiger partial charge in [0.05, 0.1) is 6.04 Å². The van der Waals surface area contributed by atoms with Crippen molar-refractivity contribution in [3.63, 3.8) is 0 Å². The summed E-state index contributed by atoms with van der Waals surface area (Å²) in [5.41, 5.74) is 2.73. The Hall–Kier alpha value is -1.66. The largest absolute Gasteiger partial charge is 0.491 e. The Morgan fingerprint density at radius 1 is 1.39 bits per heavy atom. The lowest BCUT2D eigenvalue weighted by molar-refractivity contribution is 0.425. The molecule has 18 heavy (non-hydrogen) atoms. The number of nitrogens with zero attached hydrogens (tertiary/aromatic N) is 3. The average molecular weight is 243 g/mol. The van der Waals surface area contributed by atoms with E-state index in [0.29, 0.717) is 5.46 Å². The van der Waals surface area contributed by atoms with E-state index in [2.05, 4.69) is 16.1 Å². The summed E-state index contributed by atoms with van der Waals surface area (Å²) >= 11 is 0. The molecule has 6 heteroatoms. The monoisotopic (exact) mass is 243 g/mol. The second-order valence-electron chi connectivity index (χ2n) is 4.57. The van der Waals surface area contributed by atoms with E-state index in [4.69, 9.17) is 10.0 Å². The first-order chi connectivity index (χ1) is 8.75. The summed E-state index contributed by atoms with van der Waals surface area (Å²) in [7, 11) is -1.46. The molecule has 3 rings (SSSR count). The predicted octanol–water partition coefficient (Wildman–Crippen LogP) is -0.116. The van der Waals surface area contributed by atoms with Crippen molar-refractivity contribution in [2.45, 2.75) is 25.3 Å². The van der Waals surface area contributed by atoms with Crippen LogP contribution in [0, 0.1) is 0 Å². The minimum atomic E-state index is -1.46. The van der Waals surface area contributed by atoms with Gasteiger partial charge in [-0.05, 0) is 30.9 Å². The van der Waals surface area contributed by atoms with E-state index in [9.17, 15) is 0 Å². The number of fused-ring (bicyclic) bond motifs is 1. The first-order valence-corrected chi connectivity index (χ1v) is 6.09. The van der Waals surface area contributed by atoms with Crippen LogP contribution >= 0.6 is 0 Å². The molecule has 1 aliphatic carbocycles. The number of pyridine rings is 1. The van der Waals surface area contributed by atoms with Crippen LogP contribution in [-0.4, -0.2) is 31.9 Å². The van der Waals surface area contributed by atoms with Gasteiger partial charge in [0.15, 0.2) is 0 Å². The van der Waals surface area contributed by atoms with Gasteiger partial charge in [0.25, 0.3) is 0 Å². The highest BCUT2D eigenvalue weighted by Gasteiger charge is 2.24. The molecule has 2 aromatic rings. The van der Waals surface area contributed by atoms with Crippen LogP contribution in [0.25, 0.3) is 0 Å². The Morgan fingerprint density at radius 3 is 3.06 bits per heavy atom. The number of hydrogen-bond donors (Lipinski definition) is 2. The highest BCUT2D eigenvalue weighted by atomic mass is 16.4. The Balaban J connectivity index is 1.97. The van der Waals surface area contributed by atoms with E-state index in [1.807, 2.05) is 12.3 Å². The molecule has 2 N–H and O–H groups in total. The molecule has 0 saturated carbocycles. The van der Waals surface area contributed by atoms with Crippen molar-refractivity contribution in [2.24, 2.45) is 0 Å². The van der Waals surface area contributed by atoms with E-state index in [1.54, 1.807) is 10.9 Å². The van der Waals surface area contributed by atoms with Gasteiger partial charge < -0.3 is 10.0 Å². The molecular formula is C12H14BN3O2. The van der Waals surface area contributed by atoms with Crippen LogP contribution < -0.4 is 5.46 Å². The lowest BCUT2D eigenvalue weighted by atomic mass is 9.83. The molecule has 0 aliphatic heterocycles. The van der Waals surface area contributed by atoms with Crippen molar-refractivity contribution in [1.82, 2.24) is 14.8 Å². The third-order valence-electron chi connectivity index (χ3n) is 3.41. The van der Waals surface area contributed by atoms with Crippen LogP contribution in [0.5, 0.6) is 0 Å². The van der Waals surface area contributed by atoms with Crippen molar-refractivity contribution in [1.29, 1.82) is 0 Å². The maximum Gasteiger partial charge on any atom is 0.491 e. The average Bonchev–Trinajstić information content (AvgIpc) is 2.87. The lowest BCUT2D eigenvalue weighted by Gasteiger charge is -2.24. The van der Waals surface area contributed by atoms with Crippen molar-refractivity contribution < 1.29 is 10.0 Å². The molecule has 2 aromatic heterocycles. The van der Waals surface area contributed by atoms with Crippen LogP contribution in [-0.2, 0) is 6.42 Å². The van der Waals surface area contributed by atoms with Gasteiger partial charge >= 0.3 is 7.12 Å². The quantitative estimate of drug-likeness (QED) is 0.721. The van der Waals surface area contributed by atoms with Crippen molar-refractivity contribution in [2.75, 3.05) is 0 Å². The van der Waals surface area contributed by atoms with E-state index in [-0.39, 0.29) is 6.04 Å². The first kappa shape index (κ1) is 11.4. The van der Waals surface area contributed by atoms with Gasteiger partial charge in [-0.25, -0.2) is 0 Å². The molecule has 0 fully saturated rings. The Bertz CT molecular complexity index is 556. The standard InChI is InChI=1S/C12H14BN3O2/c17-13(18)9-7-15-16(8-9)12-5-1-4-11-10(12)3-2-6-14-11/h2-3,6-8,12,17-18H,1,4-5H2. The normalized spacial score (nSPS) is 18.4. The van der Waals surface area contributed by atoms with Gasteiger partial charge in [-0.3, -0.25) is 9.67 Å². The summed E-state index contributed by atoms with van der Waals surface area (Å²) in [5.74, 6) is 0. The fraction of sp³-hybridized carbons (Fsp3) is 0.333. The van der Waals surface area contributed by atoms with Gasteiger partial charge in [-0.15, -0.1) is 0 Å². The summed E-state index contributed by atoms with van der Waals surface area (Å²) in [6, 6.07) is 4.15. The first-order valence-electron chi connectivity index (χ1n) is 6.09. The fourth-order valence-electron chi connectivity index (χ4n) is 2.51. The fourth-order valence-corrected chi connectivity index (χ4v) is 2.51. The summed E-state index contributed by atoms with van der Waals surface area (Å²) in [5, 5.41) is 22.5. The van der Waals surface area contributed by atoms with E-state index < -0.39 is 7.12 Å². The van der Waals surface area contributed by atoms with E-state index in [1.165, 1.54) is 11.8 Å². The summed E-state index contributed by atoms with van der Waals surface area (Å²) in [6.45, 7) is 0. The summed E-state index contributed by atoms with van der Waals surface area (Å²) in [4.78, 5) is 4.40. The van der Waals surface area contributed by atoms with Crippen LogP contribution in [0.2, 0.25) is 0 Å². The highest BCUT2D eigenvalue weighted by molar-refractivity contribution is 6.58. The van der Waals surface area contributed by atoms with Gasteiger partial charge in [0.1, 0.15) is 0 Å². The van der Waals surface area contributed by atoms with Gasteiger partial charge in [-0.2, -0.15) is 5.10 Å². The van der Waals surface area contributed by atoms with E-state index >= 15 is 0 Å². The zero-order valence-corrected chi connectivity index (χ0v) is 9.90. The second-order valence-corrected chi connectivity index (χ2v) is 4.57. The highest BCUT2D eigenvalue weighted by Crippen LogP contribution is 2.30. The molecule has 92 valence electrons. The van der Waals surface area contributed by atoms with Crippen LogP contribution in [0.1, 0.15) is 30.1 Å². The van der Waals surface area contributed by atoms with Gasteiger partial charge in [0, 0.05) is 29.7 Å². The molecule has 1 aliphatic rings. The van der Waals surface area contributed by atoms with E-state index in [0.717, 1.165) is 25.0 Å². The molecular weight excluding hydrogens is 229 g/mol. The number of aromatic nitrogens is 3. The molecule has 1 unspecified atom stereocenters. The molecule has 0 radical (unpaired) electrons. The third-order valence-corrected chi connectivity index (χ3v) is 3.41. The molecule has 0 bridgehead atoms. The smallest absolute Gasteiger partial charge is 0.423 e.